The van der Waals surface area contributed by atoms with Gasteiger partial charge < -0.3 is 19.5 Å². The van der Waals surface area contributed by atoms with E-state index in [2.05, 4.69) is 5.32 Å². The maximum absolute atomic E-state index is 12.2. The predicted molar refractivity (Wildman–Crippen MR) is 92.5 cm³/mol. The zero-order valence-corrected chi connectivity index (χ0v) is 14.4. The summed E-state index contributed by atoms with van der Waals surface area (Å²) in [4.78, 5) is 34.5. The van der Waals surface area contributed by atoms with Crippen molar-refractivity contribution in [2.75, 3.05) is 13.4 Å². The molecule has 0 radical (unpaired) electrons. The summed E-state index contributed by atoms with van der Waals surface area (Å²) in [7, 11) is 0. The SMILES string of the molecule is Cc1cccc([N+](=O)[O-])c1C(=O)OCC(=O)NCc1ccc2c(c1)OCO2. The number of carbonyl (C=O) groups is 2. The number of carbonyl (C=O) groups excluding carboxylic acids is 2. The molecular formula is C18H16N2O7. The van der Waals surface area contributed by atoms with Crippen LogP contribution in [0.5, 0.6) is 11.5 Å². The first-order valence-corrected chi connectivity index (χ1v) is 8.02. The summed E-state index contributed by atoms with van der Waals surface area (Å²) < 4.78 is 15.4. The van der Waals surface area contributed by atoms with E-state index in [1.165, 1.54) is 12.1 Å². The van der Waals surface area contributed by atoms with Gasteiger partial charge in [-0.05, 0) is 30.2 Å². The number of benzene rings is 2. The number of amides is 1. The Morgan fingerprint density at radius 3 is 2.78 bits per heavy atom. The highest BCUT2D eigenvalue weighted by atomic mass is 16.7. The van der Waals surface area contributed by atoms with E-state index in [4.69, 9.17) is 14.2 Å². The van der Waals surface area contributed by atoms with Gasteiger partial charge in [0.2, 0.25) is 6.79 Å². The van der Waals surface area contributed by atoms with E-state index in [0.29, 0.717) is 17.1 Å². The van der Waals surface area contributed by atoms with Crippen molar-refractivity contribution in [2.45, 2.75) is 13.5 Å². The van der Waals surface area contributed by atoms with Crippen molar-refractivity contribution in [1.29, 1.82) is 0 Å². The third-order valence-electron chi connectivity index (χ3n) is 3.91. The second-order valence-corrected chi connectivity index (χ2v) is 5.77. The normalized spacial score (nSPS) is 11.7. The van der Waals surface area contributed by atoms with Crippen LogP contribution in [-0.4, -0.2) is 30.2 Å². The van der Waals surface area contributed by atoms with Crippen LogP contribution in [0.2, 0.25) is 0 Å². The molecule has 0 unspecified atom stereocenters. The summed E-state index contributed by atoms with van der Waals surface area (Å²) in [5, 5.41) is 13.7. The Hall–Kier alpha value is -3.62. The van der Waals surface area contributed by atoms with Crippen LogP contribution < -0.4 is 14.8 Å². The van der Waals surface area contributed by atoms with Crippen LogP contribution in [0.15, 0.2) is 36.4 Å². The zero-order chi connectivity index (χ0) is 19.4. The van der Waals surface area contributed by atoms with Crippen molar-refractivity contribution in [3.05, 3.63) is 63.2 Å². The van der Waals surface area contributed by atoms with Crippen LogP contribution in [0.25, 0.3) is 0 Å². The number of nitro groups is 1. The van der Waals surface area contributed by atoms with E-state index >= 15 is 0 Å². The van der Waals surface area contributed by atoms with Crippen LogP contribution in [-0.2, 0) is 16.1 Å². The van der Waals surface area contributed by atoms with Gasteiger partial charge in [-0.1, -0.05) is 18.2 Å². The summed E-state index contributed by atoms with van der Waals surface area (Å²) >= 11 is 0. The first-order chi connectivity index (χ1) is 13.0. The van der Waals surface area contributed by atoms with E-state index < -0.39 is 23.4 Å². The van der Waals surface area contributed by atoms with Gasteiger partial charge in [-0.3, -0.25) is 14.9 Å². The van der Waals surface area contributed by atoms with Gasteiger partial charge in [0.1, 0.15) is 5.56 Å². The van der Waals surface area contributed by atoms with Crippen LogP contribution in [0, 0.1) is 17.0 Å². The fraction of sp³-hybridized carbons (Fsp3) is 0.222. The highest BCUT2D eigenvalue weighted by molar-refractivity contribution is 5.96. The van der Waals surface area contributed by atoms with E-state index in [9.17, 15) is 19.7 Å². The van der Waals surface area contributed by atoms with Crippen LogP contribution in [0.1, 0.15) is 21.5 Å². The topological polar surface area (TPSA) is 117 Å². The average Bonchev–Trinajstić information content (AvgIpc) is 3.11. The highest BCUT2D eigenvalue weighted by Crippen LogP contribution is 2.32. The molecule has 0 aliphatic carbocycles. The van der Waals surface area contributed by atoms with Gasteiger partial charge in [0.15, 0.2) is 18.1 Å². The Morgan fingerprint density at radius 2 is 2.00 bits per heavy atom. The van der Waals surface area contributed by atoms with Gasteiger partial charge in [0, 0.05) is 12.6 Å². The van der Waals surface area contributed by atoms with Crippen LogP contribution in [0.3, 0.4) is 0 Å². The number of ether oxygens (including phenoxy) is 3. The molecule has 1 N–H and O–H groups in total. The standard InChI is InChI=1S/C18H16N2O7/c1-11-3-2-4-13(20(23)24)17(11)18(22)25-9-16(21)19-8-12-5-6-14-15(7-12)27-10-26-14/h2-7H,8-10H2,1H3,(H,19,21). The molecule has 2 aromatic rings. The number of aryl methyl sites for hydroxylation is 1. The van der Waals surface area contributed by atoms with Crippen molar-refractivity contribution in [1.82, 2.24) is 5.32 Å². The summed E-state index contributed by atoms with van der Waals surface area (Å²) in [6.45, 7) is 1.38. The van der Waals surface area contributed by atoms with Crippen molar-refractivity contribution in [3.63, 3.8) is 0 Å². The molecule has 2 aromatic carbocycles. The van der Waals surface area contributed by atoms with Crippen molar-refractivity contribution in [2.24, 2.45) is 0 Å². The van der Waals surface area contributed by atoms with Gasteiger partial charge in [-0.2, -0.15) is 0 Å². The van der Waals surface area contributed by atoms with Crippen molar-refractivity contribution >= 4 is 17.6 Å². The molecule has 0 aromatic heterocycles. The quantitative estimate of drug-likeness (QED) is 0.469. The minimum Gasteiger partial charge on any atom is -0.454 e. The third-order valence-corrected chi connectivity index (χ3v) is 3.91. The second kappa shape index (κ2) is 7.73. The summed E-state index contributed by atoms with van der Waals surface area (Å²) in [5.74, 6) is -0.214. The summed E-state index contributed by atoms with van der Waals surface area (Å²) in [5.41, 5.74) is 0.662. The molecule has 1 aliphatic heterocycles. The zero-order valence-electron chi connectivity index (χ0n) is 14.4. The molecule has 1 aliphatic rings. The van der Waals surface area contributed by atoms with Crippen molar-refractivity contribution < 1.29 is 28.7 Å². The molecule has 9 heteroatoms. The first-order valence-electron chi connectivity index (χ1n) is 8.02. The Morgan fingerprint density at radius 1 is 1.22 bits per heavy atom. The number of rotatable bonds is 6. The molecule has 9 nitrogen and oxygen atoms in total. The molecule has 0 atom stereocenters. The Bertz CT molecular complexity index is 911. The van der Waals surface area contributed by atoms with Gasteiger partial charge in [0.25, 0.3) is 11.6 Å². The molecule has 0 saturated carbocycles. The molecule has 0 saturated heterocycles. The fourth-order valence-corrected chi connectivity index (χ4v) is 2.58. The monoisotopic (exact) mass is 372 g/mol. The van der Waals surface area contributed by atoms with Gasteiger partial charge in [0.05, 0.1) is 4.92 Å². The number of hydrogen-bond acceptors (Lipinski definition) is 7. The van der Waals surface area contributed by atoms with Gasteiger partial charge in [-0.15, -0.1) is 0 Å². The number of nitro benzene ring substituents is 1. The van der Waals surface area contributed by atoms with E-state index in [-0.39, 0.29) is 24.6 Å². The lowest BCUT2D eigenvalue weighted by molar-refractivity contribution is -0.385. The lowest BCUT2D eigenvalue weighted by atomic mass is 10.1. The Labute approximate surface area is 154 Å². The fourth-order valence-electron chi connectivity index (χ4n) is 2.58. The van der Waals surface area contributed by atoms with Gasteiger partial charge in [-0.25, -0.2) is 4.79 Å². The third kappa shape index (κ3) is 4.14. The molecule has 1 amide bonds. The van der Waals surface area contributed by atoms with Gasteiger partial charge >= 0.3 is 5.97 Å². The molecule has 140 valence electrons. The molecule has 0 spiro atoms. The lowest BCUT2D eigenvalue weighted by Gasteiger charge is -2.09. The van der Waals surface area contributed by atoms with E-state index in [0.717, 1.165) is 5.56 Å². The molecule has 3 rings (SSSR count). The molecule has 1 heterocycles. The summed E-state index contributed by atoms with van der Waals surface area (Å²) in [6.07, 6.45) is 0. The minimum absolute atomic E-state index is 0.159. The Kier molecular flexibility index (Phi) is 5.20. The highest BCUT2D eigenvalue weighted by Gasteiger charge is 2.24. The molecular weight excluding hydrogens is 356 g/mol. The predicted octanol–water partition coefficient (Wildman–Crippen LogP) is 2.11. The van der Waals surface area contributed by atoms with Crippen LogP contribution in [0.4, 0.5) is 5.69 Å². The Balaban J connectivity index is 1.55. The first kappa shape index (κ1) is 18.2. The molecule has 0 bridgehead atoms. The number of nitrogens with zero attached hydrogens (tertiary/aromatic N) is 1. The second-order valence-electron chi connectivity index (χ2n) is 5.77. The van der Waals surface area contributed by atoms with Crippen molar-refractivity contribution in [3.8, 4) is 11.5 Å². The van der Waals surface area contributed by atoms with Crippen LogP contribution >= 0.6 is 0 Å². The number of nitrogens with one attached hydrogen (secondary N) is 1. The average molecular weight is 372 g/mol. The summed E-state index contributed by atoms with van der Waals surface area (Å²) in [6, 6.07) is 9.50. The minimum atomic E-state index is -0.918. The maximum atomic E-state index is 12.2. The smallest absolute Gasteiger partial charge is 0.345 e. The van der Waals surface area contributed by atoms with E-state index in [1.807, 2.05) is 0 Å². The van der Waals surface area contributed by atoms with E-state index in [1.54, 1.807) is 31.2 Å². The molecule has 27 heavy (non-hydrogen) atoms. The lowest BCUT2D eigenvalue weighted by Crippen LogP contribution is -2.28. The number of esters is 1. The largest absolute Gasteiger partial charge is 0.454 e. The number of hydrogen-bond donors (Lipinski definition) is 1. The molecule has 0 fully saturated rings. The maximum Gasteiger partial charge on any atom is 0.345 e. The number of fused-ring (bicyclic) bond motifs is 1.